The van der Waals surface area contributed by atoms with E-state index in [1.54, 1.807) is 0 Å². The minimum absolute atomic E-state index is 0.0811. The highest BCUT2D eigenvalue weighted by Gasteiger charge is 2.37. The molecule has 2 fully saturated rings. The van der Waals surface area contributed by atoms with E-state index in [-0.39, 0.29) is 17.4 Å². The molecule has 1 aliphatic heterocycles. The van der Waals surface area contributed by atoms with Crippen LogP contribution in [0.3, 0.4) is 0 Å². The maximum Gasteiger partial charge on any atom is 0.323 e. The number of benzene rings is 1. The van der Waals surface area contributed by atoms with Gasteiger partial charge in [0.1, 0.15) is 6.04 Å². The Morgan fingerprint density at radius 1 is 1.35 bits per heavy atom. The highest BCUT2D eigenvalue weighted by atomic mass is 16.5. The summed E-state index contributed by atoms with van der Waals surface area (Å²) < 4.78 is 5.04. The lowest BCUT2D eigenvalue weighted by molar-refractivity contribution is -0.139. The molecule has 1 aromatic carbocycles. The molecule has 108 valence electrons. The van der Waals surface area contributed by atoms with Gasteiger partial charge in [0.25, 0.3) is 0 Å². The molecule has 2 aliphatic rings. The molecule has 3 heteroatoms. The summed E-state index contributed by atoms with van der Waals surface area (Å²) in [4.78, 5) is 11.6. The van der Waals surface area contributed by atoms with Crippen LogP contribution in [0.15, 0.2) is 24.3 Å². The summed E-state index contributed by atoms with van der Waals surface area (Å²) in [6, 6.07) is 8.74. The average Bonchev–Trinajstić information content (AvgIpc) is 3.06. The summed E-state index contributed by atoms with van der Waals surface area (Å²) in [6.07, 6.45) is 5.80. The topological polar surface area (TPSA) is 38.3 Å². The van der Waals surface area contributed by atoms with Gasteiger partial charge >= 0.3 is 5.97 Å². The molecule has 0 radical (unpaired) electrons. The number of carbonyl (C=O) groups excluding carboxylic acids is 1. The summed E-state index contributed by atoms with van der Waals surface area (Å²) in [5.74, 6) is -0.0811. The monoisotopic (exact) mass is 273 g/mol. The van der Waals surface area contributed by atoms with Crippen LogP contribution in [0.5, 0.6) is 0 Å². The van der Waals surface area contributed by atoms with E-state index in [1.165, 1.54) is 36.8 Å². The number of hydrogen-bond acceptors (Lipinski definition) is 3. The molecule has 1 aromatic rings. The fourth-order valence-corrected chi connectivity index (χ4v) is 3.59. The van der Waals surface area contributed by atoms with Crippen LogP contribution in [0.4, 0.5) is 0 Å². The number of hydrogen-bond donors (Lipinski definition) is 1. The number of cyclic esters (lactones) is 1. The van der Waals surface area contributed by atoms with Gasteiger partial charge in [-0.2, -0.15) is 0 Å². The van der Waals surface area contributed by atoms with Crippen LogP contribution in [0.1, 0.15) is 43.2 Å². The molecule has 0 aromatic heterocycles. The van der Waals surface area contributed by atoms with Crippen LogP contribution in [0, 0.1) is 6.92 Å². The van der Waals surface area contributed by atoms with Gasteiger partial charge < -0.3 is 10.1 Å². The standard InChI is InChI=1S/C17H23NO2/c1-13-5-4-6-14(11-13)17(8-2-3-9-17)12-18-15-7-10-20-16(15)19/h4-6,11,15,18H,2-3,7-10,12H2,1H3. The van der Waals surface area contributed by atoms with Gasteiger partial charge in [-0.1, -0.05) is 42.7 Å². The van der Waals surface area contributed by atoms with Crippen LogP contribution in [-0.4, -0.2) is 25.2 Å². The van der Waals surface area contributed by atoms with E-state index in [4.69, 9.17) is 4.74 Å². The minimum atomic E-state index is -0.0997. The lowest BCUT2D eigenvalue weighted by Gasteiger charge is -2.31. The fraction of sp³-hybridized carbons (Fsp3) is 0.588. The number of carbonyl (C=O) groups is 1. The van der Waals surface area contributed by atoms with Crippen molar-refractivity contribution in [1.29, 1.82) is 0 Å². The smallest absolute Gasteiger partial charge is 0.323 e. The Bertz CT molecular complexity index is 492. The van der Waals surface area contributed by atoms with Crippen LogP contribution in [0.2, 0.25) is 0 Å². The second-order valence-electron chi connectivity index (χ2n) is 6.25. The Kier molecular flexibility index (Phi) is 3.79. The van der Waals surface area contributed by atoms with E-state index in [1.807, 2.05) is 0 Å². The van der Waals surface area contributed by atoms with Gasteiger partial charge in [-0.15, -0.1) is 0 Å². The van der Waals surface area contributed by atoms with Crippen molar-refractivity contribution in [3.05, 3.63) is 35.4 Å². The van der Waals surface area contributed by atoms with E-state index in [0.29, 0.717) is 6.61 Å². The van der Waals surface area contributed by atoms with Gasteiger partial charge in [-0.3, -0.25) is 4.79 Å². The van der Waals surface area contributed by atoms with Gasteiger partial charge in [-0.25, -0.2) is 0 Å². The molecule has 0 spiro atoms. The highest BCUT2D eigenvalue weighted by molar-refractivity contribution is 5.77. The van der Waals surface area contributed by atoms with Crippen LogP contribution in [-0.2, 0) is 14.9 Å². The minimum Gasteiger partial charge on any atom is -0.464 e. The molecule has 1 heterocycles. The van der Waals surface area contributed by atoms with E-state index >= 15 is 0 Å². The Balaban J connectivity index is 1.76. The van der Waals surface area contributed by atoms with Crippen molar-refractivity contribution in [2.24, 2.45) is 0 Å². The van der Waals surface area contributed by atoms with Crippen molar-refractivity contribution < 1.29 is 9.53 Å². The molecule has 1 N–H and O–H groups in total. The number of esters is 1. The molecule has 0 amide bonds. The van der Waals surface area contributed by atoms with Gasteiger partial charge in [0.15, 0.2) is 0 Å². The third-order valence-electron chi connectivity index (χ3n) is 4.81. The second kappa shape index (κ2) is 5.57. The zero-order chi connectivity index (χ0) is 14.0. The van der Waals surface area contributed by atoms with Crippen molar-refractivity contribution in [1.82, 2.24) is 5.32 Å². The molecule has 1 saturated heterocycles. The predicted molar refractivity (Wildman–Crippen MR) is 78.7 cm³/mol. The number of ether oxygens (including phenoxy) is 1. The molecule has 1 unspecified atom stereocenters. The van der Waals surface area contributed by atoms with Gasteiger partial charge in [0.2, 0.25) is 0 Å². The Hall–Kier alpha value is -1.35. The normalized spacial score (nSPS) is 24.9. The van der Waals surface area contributed by atoms with Gasteiger partial charge in [0.05, 0.1) is 6.61 Å². The first-order valence-corrected chi connectivity index (χ1v) is 7.67. The van der Waals surface area contributed by atoms with Crippen molar-refractivity contribution in [2.75, 3.05) is 13.2 Å². The number of rotatable bonds is 4. The van der Waals surface area contributed by atoms with Crippen LogP contribution in [0.25, 0.3) is 0 Å². The summed E-state index contributed by atoms with van der Waals surface area (Å²) in [5, 5.41) is 3.46. The summed E-state index contributed by atoms with van der Waals surface area (Å²) in [7, 11) is 0. The van der Waals surface area contributed by atoms with Crippen LogP contribution >= 0.6 is 0 Å². The number of aryl methyl sites for hydroxylation is 1. The lowest BCUT2D eigenvalue weighted by atomic mass is 9.78. The van der Waals surface area contributed by atoms with Gasteiger partial charge in [0, 0.05) is 18.4 Å². The largest absolute Gasteiger partial charge is 0.464 e. The lowest BCUT2D eigenvalue weighted by Crippen LogP contribution is -2.43. The fourth-order valence-electron chi connectivity index (χ4n) is 3.59. The Morgan fingerprint density at radius 3 is 2.80 bits per heavy atom. The van der Waals surface area contributed by atoms with Crippen molar-refractivity contribution in [2.45, 2.75) is 50.5 Å². The Morgan fingerprint density at radius 2 is 2.15 bits per heavy atom. The molecule has 3 nitrogen and oxygen atoms in total. The summed E-state index contributed by atoms with van der Waals surface area (Å²) in [5.41, 5.74) is 2.94. The van der Waals surface area contributed by atoms with E-state index in [9.17, 15) is 4.79 Å². The van der Waals surface area contributed by atoms with E-state index in [0.717, 1.165) is 13.0 Å². The molecule has 1 aliphatic carbocycles. The maximum atomic E-state index is 11.6. The van der Waals surface area contributed by atoms with E-state index < -0.39 is 0 Å². The third kappa shape index (κ3) is 2.59. The van der Waals surface area contributed by atoms with Crippen molar-refractivity contribution in [3.63, 3.8) is 0 Å². The highest BCUT2D eigenvalue weighted by Crippen LogP contribution is 2.41. The quantitative estimate of drug-likeness (QED) is 0.857. The summed E-state index contributed by atoms with van der Waals surface area (Å²) in [6.45, 7) is 3.60. The number of nitrogens with one attached hydrogen (secondary N) is 1. The first-order chi connectivity index (χ1) is 9.70. The molecule has 1 atom stereocenters. The summed E-state index contributed by atoms with van der Waals surface area (Å²) >= 11 is 0. The molecule has 20 heavy (non-hydrogen) atoms. The molecule has 1 saturated carbocycles. The first kappa shape index (κ1) is 13.6. The first-order valence-electron chi connectivity index (χ1n) is 7.67. The SMILES string of the molecule is Cc1cccc(C2(CNC3CCOC3=O)CCCC2)c1. The van der Waals surface area contributed by atoms with Crippen molar-refractivity contribution >= 4 is 5.97 Å². The second-order valence-corrected chi connectivity index (χ2v) is 6.25. The average molecular weight is 273 g/mol. The predicted octanol–water partition coefficient (Wildman–Crippen LogP) is 2.71. The zero-order valence-corrected chi connectivity index (χ0v) is 12.2. The van der Waals surface area contributed by atoms with Crippen LogP contribution < -0.4 is 5.32 Å². The van der Waals surface area contributed by atoms with E-state index in [2.05, 4.69) is 36.5 Å². The third-order valence-corrected chi connectivity index (χ3v) is 4.81. The van der Waals surface area contributed by atoms with Crippen molar-refractivity contribution in [3.8, 4) is 0 Å². The zero-order valence-electron chi connectivity index (χ0n) is 12.2. The van der Waals surface area contributed by atoms with Gasteiger partial charge in [-0.05, 0) is 25.3 Å². The molecular weight excluding hydrogens is 250 g/mol. The molecule has 3 rings (SSSR count). The Labute approximate surface area is 120 Å². The maximum absolute atomic E-state index is 11.6. The molecular formula is C17H23NO2. The molecule has 0 bridgehead atoms.